The molecule has 3 atom stereocenters. The standard InChI is InChI=1S/C29H41FN4O4S/c1-3-20-11-22(17-31-16-20)18-32-19-27(35)26-14-21-12-23(30)15-24(13-21)38-9-6-4-5-7-28(36)33-25(8-10-39-2)29(37)34-26/h11-13,15-17,25-27,32,35H,3-10,14,18-19H2,1-2H3,(H,33,36)(H,34,37)/t25-,26-,27+/m0/s1. The van der Waals surface area contributed by atoms with Crippen LogP contribution in [0, 0.1) is 5.82 Å². The lowest BCUT2D eigenvalue weighted by molar-refractivity contribution is -0.130. The van der Waals surface area contributed by atoms with E-state index in [9.17, 15) is 19.1 Å². The second kappa shape index (κ2) is 16.4. The largest absolute Gasteiger partial charge is 0.493 e. The van der Waals surface area contributed by atoms with Crippen molar-refractivity contribution in [1.29, 1.82) is 0 Å². The number of carbonyl (C=O) groups is 2. The first-order valence-corrected chi connectivity index (χ1v) is 15.1. The number of aliphatic hydroxyl groups excluding tert-OH is 1. The number of benzene rings is 1. The number of ether oxygens (including phenoxy) is 1. The van der Waals surface area contributed by atoms with Gasteiger partial charge in [-0.1, -0.05) is 13.0 Å². The summed E-state index contributed by atoms with van der Waals surface area (Å²) in [5, 5.41) is 20.2. The highest BCUT2D eigenvalue weighted by molar-refractivity contribution is 7.98. The number of aromatic nitrogens is 1. The summed E-state index contributed by atoms with van der Waals surface area (Å²) in [6, 6.07) is 5.11. The number of carbonyl (C=O) groups excluding carboxylic acids is 2. The van der Waals surface area contributed by atoms with E-state index in [1.54, 1.807) is 24.0 Å². The van der Waals surface area contributed by atoms with Gasteiger partial charge in [0.2, 0.25) is 11.8 Å². The van der Waals surface area contributed by atoms with E-state index in [0.717, 1.165) is 30.4 Å². The first-order valence-electron chi connectivity index (χ1n) is 13.7. The van der Waals surface area contributed by atoms with Gasteiger partial charge in [0.25, 0.3) is 0 Å². The van der Waals surface area contributed by atoms with Crippen LogP contribution in [0.3, 0.4) is 0 Å². The molecule has 0 fully saturated rings. The SMILES string of the molecule is CCc1cncc(CNC[C@@H](O)[C@@H]2Cc3cc(F)cc(c3)OCCCCCC(=O)N[C@@H](CCSC)C(=O)N2)c1. The molecule has 1 aliphatic rings. The van der Waals surface area contributed by atoms with Crippen molar-refractivity contribution in [2.24, 2.45) is 0 Å². The highest BCUT2D eigenvalue weighted by Gasteiger charge is 2.27. The summed E-state index contributed by atoms with van der Waals surface area (Å²) in [6.45, 7) is 3.18. The molecule has 0 aliphatic carbocycles. The van der Waals surface area contributed by atoms with E-state index >= 15 is 0 Å². The smallest absolute Gasteiger partial charge is 0.242 e. The number of fused-ring (bicyclic) bond motifs is 2. The number of thioether (sulfide) groups is 1. The van der Waals surface area contributed by atoms with Crippen LogP contribution in [0.1, 0.15) is 55.7 Å². The Morgan fingerprint density at radius 2 is 1.97 bits per heavy atom. The Hall–Kier alpha value is -2.69. The summed E-state index contributed by atoms with van der Waals surface area (Å²) in [5.74, 6) is 0.144. The van der Waals surface area contributed by atoms with Crippen LogP contribution < -0.4 is 20.7 Å². The van der Waals surface area contributed by atoms with Gasteiger partial charge >= 0.3 is 0 Å². The fraction of sp³-hybridized carbons (Fsp3) is 0.552. The molecule has 10 heteroatoms. The number of hydrogen-bond donors (Lipinski definition) is 4. The molecule has 0 radical (unpaired) electrons. The molecule has 2 heterocycles. The second-order valence-corrected chi connectivity index (χ2v) is 10.9. The van der Waals surface area contributed by atoms with Gasteiger partial charge in [-0.05, 0) is 79.4 Å². The van der Waals surface area contributed by atoms with Crippen LogP contribution in [0.2, 0.25) is 0 Å². The summed E-state index contributed by atoms with van der Waals surface area (Å²) < 4.78 is 20.2. The van der Waals surface area contributed by atoms with Crippen LogP contribution >= 0.6 is 11.8 Å². The summed E-state index contributed by atoms with van der Waals surface area (Å²) >= 11 is 1.59. The van der Waals surface area contributed by atoms with Gasteiger partial charge in [-0.2, -0.15) is 11.8 Å². The fourth-order valence-electron chi connectivity index (χ4n) is 4.51. The number of nitrogens with zero attached hydrogens (tertiary/aromatic N) is 1. The molecule has 0 spiro atoms. The van der Waals surface area contributed by atoms with E-state index in [1.165, 1.54) is 12.1 Å². The van der Waals surface area contributed by atoms with E-state index in [0.29, 0.717) is 49.5 Å². The number of aliphatic hydroxyl groups is 1. The molecule has 1 aromatic carbocycles. The monoisotopic (exact) mass is 560 g/mol. The molecule has 2 aromatic rings. The molecule has 8 nitrogen and oxygen atoms in total. The van der Waals surface area contributed by atoms with Crippen LogP contribution in [0.15, 0.2) is 36.7 Å². The van der Waals surface area contributed by atoms with Crippen LogP contribution in [0.25, 0.3) is 0 Å². The number of rotatable bonds is 9. The molecule has 4 N–H and O–H groups in total. The third-order valence-electron chi connectivity index (χ3n) is 6.70. The van der Waals surface area contributed by atoms with Gasteiger partial charge in [0, 0.05) is 38.0 Å². The lowest BCUT2D eigenvalue weighted by Gasteiger charge is -2.28. The minimum atomic E-state index is -0.973. The van der Waals surface area contributed by atoms with Crippen molar-refractivity contribution < 1.29 is 23.8 Å². The summed E-state index contributed by atoms with van der Waals surface area (Å²) in [5.41, 5.74) is 2.73. The average molecular weight is 561 g/mol. The molecule has 214 valence electrons. The predicted octanol–water partition coefficient (Wildman–Crippen LogP) is 3.15. The predicted molar refractivity (Wildman–Crippen MR) is 152 cm³/mol. The van der Waals surface area contributed by atoms with Crippen LogP contribution in [-0.4, -0.2) is 65.3 Å². The van der Waals surface area contributed by atoms with Crippen molar-refractivity contribution in [3.63, 3.8) is 0 Å². The molecule has 39 heavy (non-hydrogen) atoms. The molecular formula is C29H41FN4O4S. The fourth-order valence-corrected chi connectivity index (χ4v) is 4.98. The van der Waals surface area contributed by atoms with E-state index in [2.05, 4.69) is 33.9 Å². The molecule has 1 aromatic heterocycles. The average Bonchev–Trinajstić information content (AvgIpc) is 2.91. The Balaban J connectivity index is 1.79. The highest BCUT2D eigenvalue weighted by atomic mass is 32.2. The van der Waals surface area contributed by atoms with Crippen molar-refractivity contribution in [2.75, 3.05) is 25.2 Å². The Morgan fingerprint density at radius 3 is 2.77 bits per heavy atom. The summed E-state index contributed by atoms with van der Waals surface area (Å²) in [7, 11) is 0. The van der Waals surface area contributed by atoms with Gasteiger partial charge < -0.3 is 25.8 Å². The molecule has 3 rings (SSSR count). The Labute approximate surface area is 234 Å². The molecular weight excluding hydrogens is 519 g/mol. The van der Waals surface area contributed by atoms with Gasteiger partial charge in [-0.25, -0.2) is 4.39 Å². The first-order chi connectivity index (χ1) is 18.9. The third kappa shape index (κ3) is 10.8. The first kappa shape index (κ1) is 30.8. The third-order valence-corrected chi connectivity index (χ3v) is 7.34. The number of hydrogen-bond acceptors (Lipinski definition) is 7. The van der Waals surface area contributed by atoms with E-state index < -0.39 is 24.0 Å². The van der Waals surface area contributed by atoms with Gasteiger partial charge in [-0.3, -0.25) is 14.6 Å². The quantitative estimate of drug-likeness (QED) is 0.373. The minimum Gasteiger partial charge on any atom is -0.493 e. The number of aryl methyl sites for hydroxylation is 1. The van der Waals surface area contributed by atoms with Crippen molar-refractivity contribution in [1.82, 2.24) is 20.9 Å². The normalized spacial score (nSPS) is 20.0. The van der Waals surface area contributed by atoms with Crippen molar-refractivity contribution in [3.8, 4) is 5.75 Å². The molecule has 0 unspecified atom stereocenters. The zero-order valence-electron chi connectivity index (χ0n) is 22.9. The zero-order valence-corrected chi connectivity index (χ0v) is 23.7. The van der Waals surface area contributed by atoms with Crippen molar-refractivity contribution in [3.05, 3.63) is 59.2 Å². The maximum atomic E-state index is 14.4. The topological polar surface area (TPSA) is 113 Å². The highest BCUT2D eigenvalue weighted by Crippen LogP contribution is 2.20. The van der Waals surface area contributed by atoms with Gasteiger partial charge in [0.1, 0.15) is 17.6 Å². The van der Waals surface area contributed by atoms with E-state index in [1.807, 2.05) is 12.5 Å². The van der Waals surface area contributed by atoms with Gasteiger partial charge in [0.15, 0.2) is 0 Å². The Kier molecular flexibility index (Phi) is 13.0. The Bertz CT molecular complexity index is 1070. The summed E-state index contributed by atoms with van der Waals surface area (Å²) in [4.78, 5) is 30.2. The van der Waals surface area contributed by atoms with Gasteiger partial charge in [0.05, 0.1) is 18.8 Å². The van der Waals surface area contributed by atoms with E-state index in [4.69, 9.17) is 4.74 Å². The number of halogens is 1. The van der Waals surface area contributed by atoms with E-state index in [-0.39, 0.29) is 24.8 Å². The molecule has 1 aliphatic heterocycles. The molecule has 0 saturated heterocycles. The molecule has 2 amide bonds. The lowest BCUT2D eigenvalue weighted by atomic mass is 9.99. The van der Waals surface area contributed by atoms with Crippen molar-refractivity contribution in [2.45, 2.75) is 76.6 Å². The number of nitrogens with one attached hydrogen (secondary N) is 3. The van der Waals surface area contributed by atoms with Crippen LogP contribution in [0.5, 0.6) is 5.75 Å². The minimum absolute atomic E-state index is 0.168. The number of amides is 2. The maximum Gasteiger partial charge on any atom is 0.242 e. The van der Waals surface area contributed by atoms with Gasteiger partial charge in [-0.15, -0.1) is 0 Å². The van der Waals surface area contributed by atoms with Crippen LogP contribution in [-0.2, 0) is 29.0 Å². The molecule has 0 saturated carbocycles. The van der Waals surface area contributed by atoms with Crippen LogP contribution in [0.4, 0.5) is 4.39 Å². The number of pyridine rings is 1. The second-order valence-electron chi connectivity index (χ2n) is 9.93. The zero-order chi connectivity index (χ0) is 28.0. The maximum absolute atomic E-state index is 14.4. The Morgan fingerprint density at radius 1 is 1.15 bits per heavy atom. The summed E-state index contributed by atoms with van der Waals surface area (Å²) in [6.07, 6.45) is 8.64. The lowest BCUT2D eigenvalue weighted by Crippen LogP contribution is -2.55. The van der Waals surface area contributed by atoms with Crippen molar-refractivity contribution >= 4 is 23.6 Å². The molecule has 2 bridgehead atoms.